The minimum atomic E-state index is 0.464. The maximum Gasteiger partial charge on any atom is 0.0604 e. The molecule has 4 heteroatoms. The maximum atomic E-state index is 6.05. The predicted octanol–water partition coefficient (Wildman–Crippen LogP) is 3.76. The molecule has 1 aliphatic carbocycles. The monoisotopic (exact) mass is 317 g/mol. The van der Waals surface area contributed by atoms with Crippen molar-refractivity contribution in [1.29, 1.82) is 0 Å². The molecular formula is C13H17BrClNO. The fourth-order valence-electron chi connectivity index (χ4n) is 2.02. The van der Waals surface area contributed by atoms with Crippen molar-refractivity contribution < 1.29 is 4.74 Å². The van der Waals surface area contributed by atoms with Crippen LogP contribution in [-0.4, -0.2) is 18.8 Å². The van der Waals surface area contributed by atoms with Gasteiger partial charge in [0.25, 0.3) is 0 Å². The number of hydrogen-bond donors (Lipinski definition) is 1. The highest BCUT2D eigenvalue weighted by Crippen LogP contribution is 2.25. The molecule has 1 N–H and O–H groups in total. The minimum absolute atomic E-state index is 0.464. The van der Waals surface area contributed by atoms with Crippen LogP contribution >= 0.6 is 27.5 Å². The molecule has 1 saturated carbocycles. The highest BCUT2D eigenvalue weighted by Gasteiger charge is 2.28. The first-order valence-electron chi connectivity index (χ1n) is 5.98. The predicted molar refractivity (Wildman–Crippen MR) is 74.4 cm³/mol. The van der Waals surface area contributed by atoms with E-state index in [2.05, 4.69) is 27.3 Å². The van der Waals surface area contributed by atoms with Crippen LogP contribution in [-0.2, 0) is 11.3 Å². The maximum absolute atomic E-state index is 6.05. The van der Waals surface area contributed by atoms with E-state index in [-0.39, 0.29) is 0 Å². The van der Waals surface area contributed by atoms with Crippen LogP contribution in [0.1, 0.15) is 25.3 Å². The fourth-order valence-corrected chi connectivity index (χ4v) is 2.47. The van der Waals surface area contributed by atoms with Crippen LogP contribution in [0.2, 0.25) is 5.02 Å². The molecule has 1 aliphatic rings. The summed E-state index contributed by atoms with van der Waals surface area (Å²) >= 11 is 9.44. The summed E-state index contributed by atoms with van der Waals surface area (Å²) in [6.07, 6.45) is 2.71. The first-order valence-corrected chi connectivity index (χ1v) is 7.15. The van der Waals surface area contributed by atoms with E-state index in [0.717, 1.165) is 35.5 Å². The summed E-state index contributed by atoms with van der Waals surface area (Å²) in [6, 6.07) is 6.66. The van der Waals surface area contributed by atoms with Crippen molar-refractivity contribution in [3.63, 3.8) is 0 Å². The summed E-state index contributed by atoms with van der Waals surface area (Å²) in [5, 5.41) is 4.29. The average molecular weight is 319 g/mol. The standard InChI is InChI=1S/C13H17BrClNO/c1-2-17-11-6-10(7-11)16-8-9-3-4-12(14)13(15)5-9/h3-5,10-11,16H,2,6-8H2,1H3. The molecule has 2 rings (SSSR count). The number of nitrogens with one attached hydrogen (secondary N) is 1. The van der Waals surface area contributed by atoms with E-state index in [1.54, 1.807) is 0 Å². The molecule has 1 aromatic rings. The molecule has 17 heavy (non-hydrogen) atoms. The van der Waals surface area contributed by atoms with Crippen molar-refractivity contribution in [2.45, 2.75) is 38.5 Å². The lowest BCUT2D eigenvalue weighted by molar-refractivity contribution is -0.0102. The van der Waals surface area contributed by atoms with Gasteiger partial charge in [0.15, 0.2) is 0 Å². The van der Waals surface area contributed by atoms with E-state index >= 15 is 0 Å². The van der Waals surface area contributed by atoms with Crippen LogP contribution in [0.3, 0.4) is 0 Å². The summed E-state index contributed by atoms with van der Waals surface area (Å²) in [5.74, 6) is 0. The van der Waals surface area contributed by atoms with Gasteiger partial charge in [-0.2, -0.15) is 0 Å². The third-order valence-electron chi connectivity index (χ3n) is 3.08. The molecule has 0 aromatic heterocycles. The first-order chi connectivity index (χ1) is 8.19. The second-order valence-corrected chi connectivity index (χ2v) is 5.64. The summed E-state index contributed by atoms with van der Waals surface area (Å²) in [4.78, 5) is 0. The Labute approximate surface area is 116 Å². The van der Waals surface area contributed by atoms with Crippen molar-refractivity contribution in [2.24, 2.45) is 0 Å². The number of hydrogen-bond acceptors (Lipinski definition) is 2. The van der Waals surface area contributed by atoms with E-state index in [9.17, 15) is 0 Å². The van der Waals surface area contributed by atoms with Crippen LogP contribution in [0, 0.1) is 0 Å². The Morgan fingerprint density at radius 1 is 1.47 bits per heavy atom. The second kappa shape index (κ2) is 6.19. The Kier molecular flexibility index (Phi) is 4.86. The lowest BCUT2D eigenvalue weighted by atomic mass is 9.89. The van der Waals surface area contributed by atoms with Gasteiger partial charge in [-0.3, -0.25) is 0 Å². The number of rotatable bonds is 5. The summed E-state index contributed by atoms with van der Waals surface area (Å²) < 4.78 is 6.47. The molecule has 0 unspecified atom stereocenters. The minimum Gasteiger partial charge on any atom is -0.378 e. The number of halogens is 2. The molecule has 94 valence electrons. The molecule has 0 atom stereocenters. The van der Waals surface area contributed by atoms with Gasteiger partial charge >= 0.3 is 0 Å². The van der Waals surface area contributed by atoms with Gasteiger partial charge in [0.05, 0.1) is 11.1 Å². The zero-order valence-electron chi connectivity index (χ0n) is 9.88. The molecule has 1 fully saturated rings. The van der Waals surface area contributed by atoms with E-state index in [4.69, 9.17) is 16.3 Å². The lowest BCUT2D eigenvalue weighted by Crippen LogP contribution is -2.45. The Morgan fingerprint density at radius 3 is 2.88 bits per heavy atom. The molecule has 2 nitrogen and oxygen atoms in total. The zero-order valence-corrected chi connectivity index (χ0v) is 12.2. The summed E-state index contributed by atoms with van der Waals surface area (Å²) in [6.45, 7) is 3.74. The molecule has 0 amide bonds. The van der Waals surface area contributed by atoms with Gasteiger partial charge in [-0.1, -0.05) is 17.7 Å². The molecule has 0 radical (unpaired) electrons. The molecule has 0 bridgehead atoms. The Balaban J connectivity index is 1.74. The number of benzene rings is 1. The van der Waals surface area contributed by atoms with E-state index in [1.165, 1.54) is 5.56 Å². The highest BCUT2D eigenvalue weighted by molar-refractivity contribution is 9.10. The SMILES string of the molecule is CCOC1CC(NCc2ccc(Br)c(Cl)c2)C1. The van der Waals surface area contributed by atoms with Crippen molar-refractivity contribution >= 4 is 27.5 Å². The van der Waals surface area contributed by atoms with Gasteiger partial charge in [0, 0.05) is 23.7 Å². The summed E-state index contributed by atoms with van der Waals surface area (Å²) in [5.41, 5.74) is 1.22. The van der Waals surface area contributed by atoms with E-state index in [1.807, 2.05) is 19.1 Å². The van der Waals surface area contributed by atoms with Crippen molar-refractivity contribution in [3.05, 3.63) is 33.3 Å². The van der Waals surface area contributed by atoms with Gasteiger partial charge < -0.3 is 10.1 Å². The topological polar surface area (TPSA) is 21.3 Å². The fraction of sp³-hybridized carbons (Fsp3) is 0.538. The Morgan fingerprint density at radius 2 is 2.24 bits per heavy atom. The third-order valence-corrected chi connectivity index (χ3v) is 4.31. The van der Waals surface area contributed by atoms with Crippen LogP contribution < -0.4 is 5.32 Å². The van der Waals surface area contributed by atoms with Gasteiger partial charge in [-0.05, 0) is 53.4 Å². The molecule has 0 heterocycles. The van der Waals surface area contributed by atoms with Crippen LogP contribution in [0.4, 0.5) is 0 Å². The average Bonchev–Trinajstić information content (AvgIpc) is 2.26. The quantitative estimate of drug-likeness (QED) is 0.892. The Bertz CT molecular complexity index is 380. The van der Waals surface area contributed by atoms with Crippen molar-refractivity contribution in [2.75, 3.05) is 6.61 Å². The van der Waals surface area contributed by atoms with Crippen molar-refractivity contribution in [3.8, 4) is 0 Å². The summed E-state index contributed by atoms with van der Waals surface area (Å²) in [7, 11) is 0. The van der Waals surface area contributed by atoms with Crippen LogP contribution in [0.5, 0.6) is 0 Å². The van der Waals surface area contributed by atoms with Crippen molar-refractivity contribution in [1.82, 2.24) is 5.32 Å². The Hall–Kier alpha value is -0.0900. The highest BCUT2D eigenvalue weighted by atomic mass is 79.9. The largest absolute Gasteiger partial charge is 0.378 e. The first kappa shape index (κ1) is 13.3. The molecule has 0 saturated heterocycles. The van der Waals surface area contributed by atoms with E-state index < -0.39 is 0 Å². The molecule has 0 spiro atoms. The van der Waals surface area contributed by atoms with Gasteiger partial charge in [-0.15, -0.1) is 0 Å². The third kappa shape index (κ3) is 3.68. The van der Waals surface area contributed by atoms with Gasteiger partial charge in [0.1, 0.15) is 0 Å². The van der Waals surface area contributed by atoms with E-state index in [0.29, 0.717) is 12.1 Å². The number of ether oxygens (including phenoxy) is 1. The zero-order chi connectivity index (χ0) is 12.3. The molecular weight excluding hydrogens is 302 g/mol. The second-order valence-electron chi connectivity index (χ2n) is 4.38. The molecule has 1 aromatic carbocycles. The normalized spacial score (nSPS) is 23.5. The van der Waals surface area contributed by atoms with Crippen LogP contribution in [0.25, 0.3) is 0 Å². The van der Waals surface area contributed by atoms with Gasteiger partial charge in [0.2, 0.25) is 0 Å². The lowest BCUT2D eigenvalue weighted by Gasteiger charge is -2.35. The van der Waals surface area contributed by atoms with Crippen LogP contribution in [0.15, 0.2) is 22.7 Å². The smallest absolute Gasteiger partial charge is 0.0604 e. The van der Waals surface area contributed by atoms with Gasteiger partial charge in [-0.25, -0.2) is 0 Å². The molecule has 0 aliphatic heterocycles.